The highest BCUT2D eigenvalue weighted by atomic mass is 79.9. The van der Waals surface area contributed by atoms with E-state index in [0.29, 0.717) is 15.9 Å². The molecule has 1 aromatic carbocycles. The van der Waals surface area contributed by atoms with Crippen molar-refractivity contribution in [2.75, 3.05) is 0 Å². The number of H-pyrrole nitrogens is 2. The normalized spacial score (nSPS) is 29.4. The molecule has 1 aromatic heterocycles. The largest absolute Gasteiger partial charge is 0.316 e. The first kappa shape index (κ1) is 12.4. The third-order valence-corrected chi connectivity index (χ3v) is 6.01. The van der Waals surface area contributed by atoms with Crippen LogP contribution in [0.2, 0.25) is 0 Å². The molecule has 0 bridgehead atoms. The molecule has 0 aliphatic heterocycles. The van der Waals surface area contributed by atoms with Gasteiger partial charge in [0, 0.05) is 4.83 Å². The number of benzene rings is 1. The lowest BCUT2D eigenvalue weighted by Gasteiger charge is -2.13. The standard InChI is InChI=1S/C15H15BrN2O2/c16-13(12-8-2-1-3-9(8)12)7-4-5-10-11(6-7)18-15(20)14(19)17-10/h4-6,8-9,12-13H,1-3H2,(H,17,19)(H,18,20). The summed E-state index contributed by atoms with van der Waals surface area (Å²) in [6.07, 6.45) is 4.09. The van der Waals surface area contributed by atoms with Gasteiger partial charge in [-0.1, -0.05) is 28.4 Å². The number of aromatic nitrogens is 2. The number of hydrogen-bond acceptors (Lipinski definition) is 2. The molecule has 4 rings (SSSR count). The van der Waals surface area contributed by atoms with E-state index in [-0.39, 0.29) is 0 Å². The minimum Gasteiger partial charge on any atom is -0.316 e. The quantitative estimate of drug-likeness (QED) is 0.655. The number of rotatable bonds is 2. The zero-order valence-corrected chi connectivity index (χ0v) is 12.4. The van der Waals surface area contributed by atoms with Crippen molar-refractivity contribution < 1.29 is 0 Å². The van der Waals surface area contributed by atoms with E-state index in [4.69, 9.17) is 0 Å². The van der Waals surface area contributed by atoms with Crippen LogP contribution in [0.4, 0.5) is 0 Å². The Balaban J connectivity index is 1.72. The molecule has 2 aromatic rings. The average Bonchev–Trinajstić information content (AvgIpc) is 2.91. The predicted molar refractivity (Wildman–Crippen MR) is 81.2 cm³/mol. The third-order valence-electron chi connectivity index (χ3n) is 4.88. The molecule has 0 saturated heterocycles. The van der Waals surface area contributed by atoms with Gasteiger partial charge < -0.3 is 9.97 Å². The van der Waals surface area contributed by atoms with Crippen LogP contribution >= 0.6 is 15.9 Å². The zero-order chi connectivity index (χ0) is 13.9. The minimum atomic E-state index is -0.600. The summed E-state index contributed by atoms with van der Waals surface area (Å²) in [6.45, 7) is 0. The summed E-state index contributed by atoms with van der Waals surface area (Å²) in [5, 5.41) is 0. The fraction of sp³-hybridized carbons (Fsp3) is 0.467. The molecular formula is C15H15BrN2O2. The van der Waals surface area contributed by atoms with Gasteiger partial charge in [0.2, 0.25) is 0 Å². The maximum Gasteiger partial charge on any atom is 0.314 e. The first-order valence-corrected chi connectivity index (χ1v) is 7.97. The highest BCUT2D eigenvalue weighted by molar-refractivity contribution is 9.09. The van der Waals surface area contributed by atoms with Crippen LogP contribution in [0.15, 0.2) is 27.8 Å². The van der Waals surface area contributed by atoms with Crippen LogP contribution in [0, 0.1) is 17.8 Å². The van der Waals surface area contributed by atoms with Crippen molar-refractivity contribution in [2.45, 2.75) is 24.1 Å². The average molecular weight is 335 g/mol. The lowest BCUT2D eigenvalue weighted by Crippen LogP contribution is -2.28. The molecule has 2 saturated carbocycles. The molecular weight excluding hydrogens is 320 g/mol. The van der Waals surface area contributed by atoms with Crippen molar-refractivity contribution >= 4 is 27.0 Å². The number of alkyl halides is 1. The van der Waals surface area contributed by atoms with E-state index in [9.17, 15) is 9.59 Å². The monoisotopic (exact) mass is 334 g/mol. The summed E-state index contributed by atoms with van der Waals surface area (Å²) in [5.41, 5.74) is 1.36. The van der Waals surface area contributed by atoms with Gasteiger partial charge in [0.25, 0.3) is 0 Å². The van der Waals surface area contributed by atoms with Crippen LogP contribution < -0.4 is 11.1 Å². The van der Waals surface area contributed by atoms with E-state index in [1.807, 2.05) is 18.2 Å². The molecule has 2 aliphatic carbocycles. The summed E-state index contributed by atoms with van der Waals surface area (Å²) in [7, 11) is 0. The van der Waals surface area contributed by atoms with Crippen LogP contribution in [0.3, 0.4) is 0 Å². The highest BCUT2D eigenvalue weighted by Gasteiger charge is 2.55. The van der Waals surface area contributed by atoms with Crippen molar-refractivity contribution in [3.8, 4) is 0 Å². The molecule has 0 radical (unpaired) electrons. The molecule has 0 spiro atoms. The predicted octanol–water partition coefficient (Wildman–Crippen LogP) is 2.70. The molecule has 3 atom stereocenters. The molecule has 2 N–H and O–H groups in total. The van der Waals surface area contributed by atoms with Gasteiger partial charge in [0.1, 0.15) is 0 Å². The lowest BCUT2D eigenvalue weighted by atomic mass is 10.0. The van der Waals surface area contributed by atoms with Crippen molar-refractivity contribution in [1.82, 2.24) is 9.97 Å². The maximum atomic E-state index is 11.4. The van der Waals surface area contributed by atoms with E-state index < -0.39 is 11.1 Å². The second-order valence-corrected chi connectivity index (χ2v) is 6.94. The topological polar surface area (TPSA) is 65.7 Å². The Morgan fingerprint density at radius 3 is 2.40 bits per heavy atom. The van der Waals surface area contributed by atoms with Crippen molar-refractivity contribution in [1.29, 1.82) is 0 Å². The van der Waals surface area contributed by atoms with Crippen molar-refractivity contribution in [3.05, 3.63) is 44.5 Å². The second-order valence-electron chi connectivity index (χ2n) is 5.95. The molecule has 20 heavy (non-hydrogen) atoms. The van der Waals surface area contributed by atoms with Gasteiger partial charge in [-0.2, -0.15) is 0 Å². The van der Waals surface area contributed by atoms with Crippen molar-refractivity contribution in [2.24, 2.45) is 17.8 Å². The Labute approximate surface area is 123 Å². The molecule has 0 amide bonds. The van der Waals surface area contributed by atoms with Crippen LogP contribution in [-0.2, 0) is 0 Å². The fourth-order valence-corrected chi connectivity index (χ4v) is 4.91. The summed E-state index contributed by atoms with van der Waals surface area (Å²) in [5.74, 6) is 2.49. The number of fused-ring (bicyclic) bond motifs is 2. The summed E-state index contributed by atoms with van der Waals surface area (Å²) in [4.78, 5) is 28.3. The Kier molecular flexibility index (Phi) is 2.67. The van der Waals surface area contributed by atoms with Crippen molar-refractivity contribution in [3.63, 3.8) is 0 Å². The molecule has 5 heteroatoms. The van der Waals surface area contributed by atoms with Gasteiger partial charge in [-0.3, -0.25) is 9.59 Å². The Morgan fingerprint density at radius 1 is 1.05 bits per heavy atom. The van der Waals surface area contributed by atoms with Crippen LogP contribution in [-0.4, -0.2) is 9.97 Å². The van der Waals surface area contributed by atoms with Gasteiger partial charge >= 0.3 is 11.1 Å². The molecule has 2 fully saturated rings. The van der Waals surface area contributed by atoms with Gasteiger partial charge in [-0.05, 0) is 48.3 Å². The molecule has 104 valence electrons. The van der Waals surface area contributed by atoms with Gasteiger partial charge in [-0.25, -0.2) is 0 Å². The summed E-state index contributed by atoms with van der Waals surface area (Å²) < 4.78 is 0. The molecule has 3 unspecified atom stereocenters. The number of hydrogen-bond donors (Lipinski definition) is 2. The molecule has 2 aliphatic rings. The Hall–Kier alpha value is -1.36. The van der Waals surface area contributed by atoms with E-state index in [1.165, 1.54) is 24.8 Å². The maximum absolute atomic E-state index is 11.4. The SMILES string of the molecule is O=c1[nH]c2ccc(C(Br)C3C4CCCC43)cc2[nH]c1=O. The molecule has 4 nitrogen and oxygen atoms in total. The van der Waals surface area contributed by atoms with Gasteiger partial charge in [0.15, 0.2) is 0 Å². The number of halogens is 1. The van der Waals surface area contributed by atoms with E-state index >= 15 is 0 Å². The molecule has 1 heterocycles. The van der Waals surface area contributed by atoms with Crippen LogP contribution in [0.25, 0.3) is 11.0 Å². The number of nitrogens with one attached hydrogen (secondary N) is 2. The fourth-order valence-electron chi connectivity index (χ4n) is 3.84. The first-order chi connectivity index (χ1) is 9.65. The van der Waals surface area contributed by atoms with E-state index in [0.717, 1.165) is 17.8 Å². The Bertz CT molecular complexity index is 784. The smallest absolute Gasteiger partial charge is 0.314 e. The first-order valence-electron chi connectivity index (χ1n) is 7.05. The van der Waals surface area contributed by atoms with Gasteiger partial charge in [0.05, 0.1) is 11.0 Å². The lowest BCUT2D eigenvalue weighted by molar-refractivity contribution is 0.583. The zero-order valence-electron chi connectivity index (χ0n) is 10.9. The van der Waals surface area contributed by atoms with E-state index in [2.05, 4.69) is 25.9 Å². The minimum absolute atomic E-state index is 0.345. The Morgan fingerprint density at radius 2 is 1.70 bits per heavy atom. The van der Waals surface area contributed by atoms with Gasteiger partial charge in [-0.15, -0.1) is 0 Å². The summed E-state index contributed by atoms with van der Waals surface area (Å²) in [6, 6.07) is 5.87. The highest BCUT2D eigenvalue weighted by Crippen LogP contribution is 2.64. The second kappa shape index (κ2) is 4.32. The van der Waals surface area contributed by atoms with Crippen LogP contribution in [0.1, 0.15) is 29.7 Å². The number of aromatic amines is 2. The third kappa shape index (κ3) is 1.79. The van der Waals surface area contributed by atoms with Crippen LogP contribution in [0.5, 0.6) is 0 Å². The van der Waals surface area contributed by atoms with E-state index in [1.54, 1.807) is 0 Å². The summed E-state index contributed by atoms with van der Waals surface area (Å²) >= 11 is 3.82.